The molecule has 1 N–H and O–H groups in total. The van der Waals surface area contributed by atoms with Crippen molar-refractivity contribution in [2.24, 2.45) is 0 Å². The number of rotatable bonds is 5. The largest absolute Gasteiger partial charge is 0.321 e. The van der Waals surface area contributed by atoms with Gasteiger partial charge >= 0.3 is 0 Å². The molecule has 0 fully saturated rings. The standard InChI is InChI=1S/C24H19FN2O/c1-17-5-11-23(12-6-17)27-24(28)21(16-26)14-19-9-7-18(8-10-19)13-20-3-2-4-22(25)15-20/h2-12,14-15H,13H2,1H3,(H,27,28)/b21-14+. The van der Waals surface area contributed by atoms with Gasteiger partial charge in [-0.15, -0.1) is 0 Å². The molecule has 3 aromatic carbocycles. The smallest absolute Gasteiger partial charge is 0.266 e. The molecule has 1 amide bonds. The number of aryl methyl sites for hydroxylation is 1. The summed E-state index contributed by atoms with van der Waals surface area (Å²) in [5.74, 6) is -0.703. The zero-order valence-electron chi connectivity index (χ0n) is 15.4. The molecule has 0 bridgehead atoms. The Morgan fingerprint density at radius 1 is 1.04 bits per heavy atom. The maximum atomic E-state index is 13.3. The van der Waals surface area contributed by atoms with E-state index in [1.54, 1.807) is 24.3 Å². The van der Waals surface area contributed by atoms with E-state index in [2.05, 4.69) is 5.32 Å². The molecule has 28 heavy (non-hydrogen) atoms. The van der Waals surface area contributed by atoms with Gasteiger partial charge in [-0.3, -0.25) is 4.79 Å². The minimum Gasteiger partial charge on any atom is -0.321 e. The first-order valence-corrected chi connectivity index (χ1v) is 8.87. The molecular weight excluding hydrogens is 351 g/mol. The summed E-state index contributed by atoms with van der Waals surface area (Å²) in [6, 6.07) is 23.3. The highest BCUT2D eigenvalue weighted by atomic mass is 19.1. The fourth-order valence-electron chi connectivity index (χ4n) is 2.76. The van der Waals surface area contributed by atoms with E-state index in [0.717, 1.165) is 22.3 Å². The Hall–Kier alpha value is -3.71. The van der Waals surface area contributed by atoms with E-state index >= 15 is 0 Å². The van der Waals surface area contributed by atoms with Gasteiger partial charge in [0.1, 0.15) is 17.5 Å². The van der Waals surface area contributed by atoms with Crippen LogP contribution in [0.3, 0.4) is 0 Å². The lowest BCUT2D eigenvalue weighted by atomic mass is 10.0. The lowest BCUT2D eigenvalue weighted by molar-refractivity contribution is -0.112. The fourth-order valence-corrected chi connectivity index (χ4v) is 2.76. The molecule has 0 atom stereocenters. The number of anilines is 1. The SMILES string of the molecule is Cc1ccc(NC(=O)/C(C#N)=C/c2ccc(Cc3cccc(F)c3)cc2)cc1. The van der Waals surface area contributed by atoms with Crippen LogP contribution in [0, 0.1) is 24.1 Å². The first-order chi connectivity index (χ1) is 13.5. The molecule has 0 saturated carbocycles. The minimum absolute atomic E-state index is 0.0263. The molecule has 0 aliphatic rings. The van der Waals surface area contributed by atoms with Crippen LogP contribution in [0.2, 0.25) is 0 Å². The molecule has 3 nitrogen and oxygen atoms in total. The van der Waals surface area contributed by atoms with Crippen molar-refractivity contribution in [3.8, 4) is 6.07 Å². The summed E-state index contributed by atoms with van der Waals surface area (Å²) >= 11 is 0. The van der Waals surface area contributed by atoms with Gasteiger partial charge in [0.15, 0.2) is 0 Å². The highest BCUT2D eigenvalue weighted by molar-refractivity contribution is 6.09. The monoisotopic (exact) mass is 370 g/mol. The van der Waals surface area contributed by atoms with Gasteiger partial charge in [-0.25, -0.2) is 4.39 Å². The van der Waals surface area contributed by atoms with E-state index in [1.165, 1.54) is 12.1 Å². The van der Waals surface area contributed by atoms with Crippen LogP contribution in [0.25, 0.3) is 6.08 Å². The second-order valence-electron chi connectivity index (χ2n) is 6.54. The Bertz CT molecular complexity index is 1050. The van der Waals surface area contributed by atoms with Crippen LogP contribution in [0.5, 0.6) is 0 Å². The Morgan fingerprint density at radius 3 is 2.39 bits per heavy atom. The van der Waals surface area contributed by atoms with Gasteiger partial charge in [0, 0.05) is 5.69 Å². The topological polar surface area (TPSA) is 52.9 Å². The number of benzene rings is 3. The average Bonchev–Trinajstić information content (AvgIpc) is 2.69. The molecule has 0 heterocycles. The average molecular weight is 370 g/mol. The third-order valence-corrected chi connectivity index (χ3v) is 4.26. The summed E-state index contributed by atoms with van der Waals surface area (Å²) in [5.41, 5.74) is 4.41. The quantitative estimate of drug-likeness (QED) is 0.491. The summed E-state index contributed by atoms with van der Waals surface area (Å²) < 4.78 is 13.3. The van der Waals surface area contributed by atoms with Gasteiger partial charge < -0.3 is 5.32 Å². The van der Waals surface area contributed by atoms with Crippen molar-refractivity contribution in [3.63, 3.8) is 0 Å². The Balaban J connectivity index is 1.70. The van der Waals surface area contributed by atoms with Crippen LogP contribution in [-0.2, 0) is 11.2 Å². The Labute approximate surface area is 163 Å². The van der Waals surface area contributed by atoms with Crippen LogP contribution in [0.4, 0.5) is 10.1 Å². The zero-order valence-corrected chi connectivity index (χ0v) is 15.4. The van der Waals surface area contributed by atoms with Gasteiger partial charge in [0.05, 0.1) is 0 Å². The molecular formula is C24H19FN2O. The second-order valence-corrected chi connectivity index (χ2v) is 6.54. The molecule has 0 unspecified atom stereocenters. The predicted molar refractivity (Wildman–Crippen MR) is 109 cm³/mol. The van der Waals surface area contributed by atoms with Crippen molar-refractivity contribution in [1.29, 1.82) is 5.26 Å². The highest BCUT2D eigenvalue weighted by Gasteiger charge is 2.09. The summed E-state index contributed by atoms with van der Waals surface area (Å²) in [6.45, 7) is 1.96. The van der Waals surface area contributed by atoms with E-state index in [9.17, 15) is 14.4 Å². The number of amides is 1. The molecule has 3 rings (SSSR count). The van der Waals surface area contributed by atoms with Crippen LogP contribution in [0.15, 0.2) is 78.4 Å². The van der Waals surface area contributed by atoms with E-state index in [4.69, 9.17) is 0 Å². The number of nitrogens with zero attached hydrogens (tertiary/aromatic N) is 1. The molecule has 0 aliphatic carbocycles. The Morgan fingerprint density at radius 2 is 1.75 bits per heavy atom. The maximum Gasteiger partial charge on any atom is 0.266 e. The number of nitriles is 1. The number of nitrogens with one attached hydrogen (secondary N) is 1. The minimum atomic E-state index is -0.449. The third kappa shape index (κ3) is 5.15. The van der Waals surface area contributed by atoms with Gasteiger partial charge in [-0.2, -0.15) is 5.26 Å². The zero-order chi connectivity index (χ0) is 19.9. The molecule has 0 radical (unpaired) electrons. The molecule has 0 aromatic heterocycles. The Kier molecular flexibility index (Phi) is 5.98. The van der Waals surface area contributed by atoms with Gasteiger partial charge in [-0.05, 0) is 60.4 Å². The maximum absolute atomic E-state index is 13.3. The molecule has 0 spiro atoms. The number of carbonyl (C=O) groups is 1. The first-order valence-electron chi connectivity index (χ1n) is 8.87. The van der Waals surface area contributed by atoms with E-state index < -0.39 is 5.91 Å². The first kappa shape index (κ1) is 19.1. The number of hydrogen-bond donors (Lipinski definition) is 1. The van der Waals surface area contributed by atoms with E-state index in [-0.39, 0.29) is 11.4 Å². The number of halogens is 1. The van der Waals surface area contributed by atoms with Gasteiger partial charge in [-0.1, -0.05) is 54.1 Å². The third-order valence-electron chi connectivity index (χ3n) is 4.26. The molecule has 0 aliphatic heterocycles. The van der Waals surface area contributed by atoms with Crippen molar-refractivity contribution in [3.05, 3.63) is 106 Å². The lowest BCUT2D eigenvalue weighted by Crippen LogP contribution is -2.13. The fraction of sp³-hybridized carbons (Fsp3) is 0.0833. The summed E-state index contributed by atoms with van der Waals surface area (Å²) in [7, 11) is 0. The highest BCUT2D eigenvalue weighted by Crippen LogP contribution is 2.15. The summed E-state index contributed by atoms with van der Waals surface area (Å²) in [4.78, 5) is 12.3. The van der Waals surface area contributed by atoms with E-state index in [1.807, 2.05) is 55.5 Å². The van der Waals surface area contributed by atoms with Crippen molar-refractivity contribution in [2.45, 2.75) is 13.3 Å². The van der Waals surface area contributed by atoms with Gasteiger partial charge in [0.25, 0.3) is 5.91 Å². The second kappa shape index (κ2) is 8.79. The normalized spacial score (nSPS) is 11.0. The van der Waals surface area contributed by atoms with Crippen molar-refractivity contribution in [1.82, 2.24) is 0 Å². The molecule has 3 aromatic rings. The van der Waals surface area contributed by atoms with Crippen LogP contribution < -0.4 is 5.32 Å². The lowest BCUT2D eigenvalue weighted by Gasteiger charge is -2.05. The van der Waals surface area contributed by atoms with E-state index in [0.29, 0.717) is 12.1 Å². The number of carbonyl (C=O) groups excluding carboxylic acids is 1. The van der Waals surface area contributed by atoms with Crippen LogP contribution in [-0.4, -0.2) is 5.91 Å². The predicted octanol–water partition coefficient (Wildman–Crippen LogP) is 5.27. The van der Waals surface area contributed by atoms with Gasteiger partial charge in [0.2, 0.25) is 0 Å². The molecule has 0 saturated heterocycles. The van der Waals surface area contributed by atoms with Crippen LogP contribution >= 0.6 is 0 Å². The summed E-state index contributed by atoms with van der Waals surface area (Å²) in [6.07, 6.45) is 2.16. The van der Waals surface area contributed by atoms with Crippen molar-refractivity contribution >= 4 is 17.7 Å². The molecule has 4 heteroatoms. The number of hydrogen-bond acceptors (Lipinski definition) is 2. The van der Waals surface area contributed by atoms with Crippen LogP contribution in [0.1, 0.15) is 22.3 Å². The van der Waals surface area contributed by atoms with Crippen molar-refractivity contribution < 1.29 is 9.18 Å². The molecule has 138 valence electrons. The van der Waals surface area contributed by atoms with Crippen molar-refractivity contribution in [2.75, 3.05) is 5.32 Å². The summed E-state index contributed by atoms with van der Waals surface area (Å²) in [5, 5.41) is 12.1.